The van der Waals surface area contributed by atoms with Crippen LogP contribution in [0.15, 0.2) is 48.4 Å². The molecule has 0 spiro atoms. The Balaban J connectivity index is 2.07. The number of carbonyl (C=O) groups is 1. The first-order valence-electron chi connectivity index (χ1n) is 10.5. The summed E-state index contributed by atoms with van der Waals surface area (Å²) in [5.74, 6) is -1.21. The summed E-state index contributed by atoms with van der Waals surface area (Å²) >= 11 is 0. The molecule has 0 bridgehead atoms. The van der Waals surface area contributed by atoms with E-state index < -0.39 is 52.1 Å². The van der Waals surface area contributed by atoms with Crippen molar-refractivity contribution in [3.05, 3.63) is 59.6 Å². The summed E-state index contributed by atoms with van der Waals surface area (Å²) in [6.07, 6.45) is 0.0615. The lowest BCUT2D eigenvalue weighted by atomic mass is 10.1. The normalized spacial score (nSPS) is 14.4. The number of benzene rings is 2. The standard InChI is InChI=1S/C20H24O7S/c1-3-25-19(20(21)22)14-16-6-8-17(9-7-16)26-13-12-15-4-10-18(11-5-15)27-28(2,23)24/h4-11,19H,3,12-14H2,1-2H3,(H,21,22)/t19-/m0/s1/i4D,5D,10D,11D. The van der Waals surface area contributed by atoms with E-state index in [1.165, 1.54) is 0 Å². The molecule has 0 saturated carbocycles. The molecule has 152 valence electrons. The van der Waals surface area contributed by atoms with Crippen molar-refractivity contribution in [1.82, 2.24) is 0 Å². The zero-order chi connectivity index (χ0) is 24.1. The van der Waals surface area contributed by atoms with Gasteiger partial charge in [-0.15, -0.1) is 0 Å². The molecule has 0 fully saturated rings. The Hall–Kier alpha value is -2.58. The summed E-state index contributed by atoms with van der Waals surface area (Å²) in [7, 11) is -4.01. The van der Waals surface area contributed by atoms with Gasteiger partial charge < -0.3 is 18.8 Å². The molecular formula is C20H24O7S. The fraction of sp³-hybridized carbons (Fsp3) is 0.350. The van der Waals surface area contributed by atoms with Crippen LogP contribution in [0.4, 0.5) is 0 Å². The van der Waals surface area contributed by atoms with Crippen LogP contribution in [0, 0.1) is 0 Å². The van der Waals surface area contributed by atoms with Crippen LogP contribution in [-0.2, 0) is 32.5 Å². The number of hydrogen-bond acceptors (Lipinski definition) is 6. The number of carboxylic acids is 1. The Labute approximate surface area is 170 Å². The van der Waals surface area contributed by atoms with Crippen LogP contribution in [-0.4, -0.2) is 45.1 Å². The molecule has 0 aliphatic heterocycles. The van der Waals surface area contributed by atoms with E-state index in [0.717, 1.165) is 11.8 Å². The van der Waals surface area contributed by atoms with Gasteiger partial charge in [-0.3, -0.25) is 0 Å². The molecule has 1 atom stereocenters. The van der Waals surface area contributed by atoms with Crippen molar-refractivity contribution in [2.45, 2.75) is 25.9 Å². The molecule has 0 amide bonds. The third-order valence-electron chi connectivity index (χ3n) is 3.50. The van der Waals surface area contributed by atoms with Crippen molar-refractivity contribution < 1.29 is 37.5 Å². The Bertz CT molecular complexity index is 1040. The maximum Gasteiger partial charge on any atom is 0.333 e. The van der Waals surface area contributed by atoms with E-state index in [-0.39, 0.29) is 31.6 Å². The van der Waals surface area contributed by atoms with E-state index in [1.54, 1.807) is 31.2 Å². The highest BCUT2D eigenvalue weighted by Gasteiger charge is 2.17. The molecule has 0 heterocycles. The molecule has 2 aromatic rings. The van der Waals surface area contributed by atoms with Crippen molar-refractivity contribution in [1.29, 1.82) is 0 Å². The zero-order valence-corrected chi connectivity index (χ0v) is 16.3. The van der Waals surface area contributed by atoms with Gasteiger partial charge >= 0.3 is 16.1 Å². The van der Waals surface area contributed by atoms with Crippen molar-refractivity contribution in [2.75, 3.05) is 19.5 Å². The first-order chi connectivity index (χ1) is 14.9. The van der Waals surface area contributed by atoms with E-state index in [1.807, 2.05) is 0 Å². The fourth-order valence-electron chi connectivity index (χ4n) is 2.27. The van der Waals surface area contributed by atoms with Crippen LogP contribution in [0.25, 0.3) is 0 Å². The lowest BCUT2D eigenvalue weighted by Crippen LogP contribution is -2.26. The Morgan fingerprint density at radius 1 is 1.11 bits per heavy atom. The predicted molar refractivity (Wildman–Crippen MR) is 104 cm³/mol. The summed E-state index contributed by atoms with van der Waals surface area (Å²) in [6.45, 7) is 2.05. The van der Waals surface area contributed by atoms with Gasteiger partial charge in [-0.05, 0) is 42.3 Å². The minimum Gasteiger partial charge on any atom is -0.493 e. The minimum absolute atomic E-state index is 0.0406. The number of hydrogen-bond donors (Lipinski definition) is 1. The van der Waals surface area contributed by atoms with Crippen molar-refractivity contribution in [3.8, 4) is 11.5 Å². The van der Waals surface area contributed by atoms with Crippen LogP contribution in [0.3, 0.4) is 0 Å². The van der Waals surface area contributed by atoms with Crippen LogP contribution >= 0.6 is 0 Å². The number of carboxylic acid groups (broad SMARTS) is 1. The van der Waals surface area contributed by atoms with E-state index >= 15 is 0 Å². The average molecular weight is 412 g/mol. The number of ether oxygens (including phenoxy) is 2. The SMILES string of the molecule is [2H]c1c([2H])c(OS(C)(=O)=O)c([2H])c([2H])c1CCOc1ccc(C[C@H](OCC)C(=O)O)cc1. The highest BCUT2D eigenvalue weighted by atomic mass is 32.2. The Morgan fingerprint density at radius 3 is 2.29 bits per heavy atom. The molecule has 8 heteroatoms. The van der Waals surface area contributed by atoms with Gasteiger partial charge in [-0.2, -0.15) is 8.42 Å². The maximum absolute atomic E-state index is 11.3. The van der Waals surface area contributed by atoms with Gasteiger partial charge in [0.15, 0.2) is 6.10 Å². The van der Waals surface area contributed by atoms with Crippen LogP contribution in [0.5, 0.6) is 11.5 Å². The van der Waals surface area contributed by atoms with Gasteiger partial charge in [-0.25, -0.2) is 4.79 Å². The van der Waals surface area contributed by atoms with Crippen LogP contribution in [0.2, 0.25) is 0 Å². The van der Waals surface area contributed by atoms with Gasteiger partial charge in [0.1, 0.15) is 11.5 Å². The summed E-state index contributed by atoms with van der Waals surface area (Å²) in [6, 6.07) is 4.74. The third-order valence-corrected chi connectivity index (χ3v) is 3.97. The molecule has 7 nitrogen and oxygen atoms in total. The molecule has 0 aliphatic rings. The summed E-state index contributed by atoms with van der Waals surface area (Å²) < 4.78 is 70.0. The van der Waals surface area contributed by atoms with E-state index in [9.17, 15) is 13.2 Å². The first-order valence-corrected chi connectivity index (χ1v) is 10.3. The van der Waals surface area contributed by atoms with Crippen molar-refractivity contribution in [2.24, 2.45) is 0 Å². The molecular weight excluding hydrogens is 384 g/mol. The monoisotopic (exact) mass is 412 g/mol. The molecule has 0 aliphatic carbocycles. The molecule has 2 aromatic carbocycles. The number of rotatable bonds is 11. The second-order valence-corrected chi connectivity index (χ2v) is 7.40. The van der Waals surface area contributed by atoms with Gasteiger partial charge in [0.2, 0.25) is 0 Å². The van der Waals surface area contributed by atoms with Gasteiger partial charge in [0.25, 0.3) is 0 Å². The summed E-state index contributed by atoms with van der Waals surface area (Å²) in [4.78, 5) is 11.2. The molecule has 28 heavy (non-hydrogen) atoms. The molecule has 0 unspecified atom stereocenters. The average Bonchev–Trinajstić information content (AvgIpc) is 2.72. The van der Waals surface area contributed by atoms with Crippen LogP contribution in [0.1, 0.15) is 23.5 Å². The highest BCUT2D eigenvalue weighted by Crippen LogP contribution is 2.17. The molecule has 0 saturated heterocycles. The lowest BCUT2D eigenvalue weighted by Gasteiger charge is -2.13. The van der Waals surface area contributed by atoms with Gasteiger partial charge in [-0.1, -0.05) is 24.2 Å². The fourth-order valence-corrected chi connectivity index (χ4v) is 2.66. The molecule has 1 N–H and O–H groups in total. The predicted octanol–water partition coefficient (Wildman–Crippen LogP) is 2.68. The molecule has 0 radical (unpaired) electrons. The third kappa shape index (κ3) is 7.58. The van der Waals surface area contributed by atoms with Crippen molar-refractivity contribution >= 4 is 16.1 Å². The maximum atomic E-state index is 11.3. The lowest BCUT2D eigenvalue weighted by molar-refractivity contribution is -0.149. The Morgan fingerprint density at radius 2 is 1.75 bits per heavy atom. The number of aliphatic carboxylic acids is 1. The van der Waals surface area contributed by atoms with Crippen LogP contribution < -0.4 is 8.92 Å². The largest absolute Gasteiger partial charge is 0.493 e. The summed E-state index contributed by atoms with van der Waals surface area (Å²) in [5, 5.41) is 9.16. The van der Waals surface area contributed by atoms with Crippen molar-refractivity contribution in [3.63, 3.8) is 0 Å². The molecule has 0 aromatic heterocycles. The van der Waals surface area contributed by atoms with E-state index in [4.69, 9.17) is 20.1 Å². The topological polar surface area (TPSA) is 99.1 Å². The molecule has 2 rings (SSSR count). The second kappa shape index (κ2) is 10.1. The highest BCUT2D eigenvalue weighted by molar-refractivity contribution is 7.86. The van der Waals surface area contributed by atoms with Gasteiger partial charge in [0.05, 0.1) is 18.3 Å². The minimum atomic E-state index is -4.01. The quantitative estimate of drug-likeness (QED) is 0.567. The van der Waals surface area contributed by atoms with E-state index in [2.05, 4.69) is 4.18 Å². The van der Waals surface area contributed by atoms with Gasteiger partial charge in [0, 0.05) is 19.4 Å². The Kier molecular flexibility index (Phi) is 5.91. The smallest absolute Gasteiger partial charge is 0.333 e. The zero-order valence-electron chi connectivity index (χ0n) is 19.5. The summed E-state index contributed by atoms with van der Waals surface area (Å²) in [5.41, 5.74) is 0.817. The first kappa shape index (κ1) is 16.4. The van der Waals surface area contributed by atoms with E-state index in [0.29, 0.717) is 5.75 Å². The second-order valence-electron chi connectivity index (χ2n) is 5.82.